The van der Waals surface area contributed by atoms with Crippen LogP contribution < -0.4 is 10.5 Å². The Kier molecular flexibility index (Phi) is 4.62. The molecule has 0 heterocycles. The zero-order valence-corrected chi connectivity index (χ0v) is 9.29. The fourth-order valence-electron chi connectivity index (χ4n) is 0.991. The zero-order valence-electron chi connectivity index (χ0n) is 7.70. The van der Waals surface area contributed by atoms with E-state index in [4.69, 9.17) is 10.5 Å². The number of benzene rings is 1. The lowest BCUT2D eigenvalue weighted by atomic mass is 10.1. The third-order valence-corrected chi connectivity index (χ3v) is 2.19. The molecule has 0 unspecified atom stereocenters. The molecular weight excluding hydrogens is 246 g/mol. The number of carbonyl (C=O) groups excluding carboxylic acids is 1. The monoisotopic (exact) mass is 257 g/mol. The van der Waals surface area contributed by atoms with Gasteiger partial charge in [0.1, 0.15) is 12.4 Å². The summed E-state index contributed by atoms with van der Waals surface area (Å²) in [5, 5.41) is 0.343. The van der Waals surface area contributed by atoms with Gasteiger partial charge >= 0.3 is 0 Å². The van der Waals surface area contributed by atoms with Gasteiger partial charge < -0.3 is 10.5 Å². The van der Waals surface area contributed by atoms with E-state index in [0.717, 1.165) is 5.75 Å². The second-order valence-electron chi connectivity index (χ2n) is 2.72. The summed E-state index contributed by atoms with van der Waals surface area (Å²) in [6.07, 6.45) is 0. The van der Waals surface area contributed by atoms with Crippen molar-refractivity contribution in [3.05, 3.63) is 29.8 Å². The fraction of sp³-hybridized carbons (Fsp3) is 0.300. The van der Waals surface area contributed by atoms with Gasteiger partial charge in [0.25, 0.3) is 0 Å². The van der Waals surface area contributed by atoms with Crippen molar-refractivity contribution >= 4 is 21.7 Å². The normalized spacial score (nSPS) is 9.86. The zero-order chi connectivity index (χ0) is 10.4. The van der Waals surface area contributed by atoms with Crippen LogP contribution in [0.25, 0.3) is 0 Å². The molecular formula is C10H12BrNO2. The predicted octanol–water partition coefficient (Wildman–Crippen LogP) is 1.60. The first-order chi connectivity index (χ1) is 6.77. The number of hydrogen-bond donors (Lipinski definition) is 1. The maximum atomic E-state index is 11.2. The molecule has 2 N–H and O–H groups in total. The van der Waals surface area contributed by atoms with E-state index < -0.39 is 0 Å². The number of rotatable bonds is 5. The molecule has 0 radical (unpaired) electrons. The summed E-state index contributed by atoms with van der Waals surface area (Å²) in [5.41, 5.74) is 5.97. The molecule has 0 aliphatic heterocycles. The molecule has 0 atom stereocenters. The predicted molar refractivity (Wildman–Crippen MR) is 59.1 cm³/mol. The van der Waals surface area contributed by atoms with Gasteiger partial charge in [-0.1, -0.05) is 15.9 Å². The van der Waals surface area contributed by atoms with Crippen LogP contribution in [-0.2, 0) is 0 Å². The van der Waals surface area contributed by atoms with Gasteiger partial charge in [-0.3, -0.25) is 4.79 Å². The smallest absolute Gasteiger partial charge is 0.173 e. The van der Waals surface area contributed by atoms with Gasteiger partial charge in [0.15, 0.2) is 5.78 Å². The van der Waals surface area contributed by atoms with E-state index in [2.05, 4.69) is 15.9 Å². The summed E-state index contributed by atoms with van der Waals surface area (Å²) in [6, 6.07) is 7.03. The molecule has 1 aromatic rings. The van der Waals surface area contributed by atoms with Gasteiger partial charge in [-0.15, -0.1) is 0 Å². The molecule has 3 nitrogen and oxygen atoms in total. The third-order valence-electron chi connectivity index (χ3n) is 1.68. The Labute approximate surface area is 91.4 Å². The Morgan fingerprint density at radius 1 is 1.36 bits per heavy atom. The highest BCUT2D eigenvalue weighted by Crippen LogP contribution is 2.12. The van der Waals surface area contributed by atoms with Gasteiger partial charge in [-0.05, 0) is 24.3 Å². The summed E-state index contributed by atoms with van der Waals surface area (Å²) in [6.45, 7) is 0.980. The number of alkyl halides is 1. The van der Waals surface area contributed by atoms with E-state index in [1.807, 2.05) is 0 Å². The average Bonchev–Trinajstić information content (AvgIpc) is 2.26. The second kappa shape index (κ2) is 5.78. The van der Waals surface area contributed by atoms with Crippen molar-refractivity contribution in [3.63, 3.8) is 0 Å². The van der Waals surface area contributed by atoms with Crippen molar-refractivity contribution in [2.45, 2.75) is 0 Å². The van der Waals surface area contributed by atoms with E-state index >= 15 is 0 Å². The topological polar surface area (TPSA) is 52.3 Å². The maximum Gasteiger partial charge on any atom is 0.173 e. The summed E-state index contributed by atoms with van der Waals surface area (Å²) in [4.78, 5) is 11.2. The summed E-state index contributed by atoms with van der Waals surface area (Å²) < 4.78 is 5.28. The molecule has 0 fully saturated rings. The Balaban J connectivity index is 2.63. The van der Waals surface area contributed by atoms with Crippen molar-refractivity contribution in [2.24, 2.45) is 5.73 Å². The highest BCUT2D eigenvalue weighted by Gasteiger charge is 2.02. The van der Waals surface area contributed by atoms with Crippen LogP contribution in [0.5, 0.6) is 5.75 Å². The minimum absolute atomic E-state index is 0.0652. The lowest BCUT2D eigenvalue weighted by Gasteiger charge is -2.04. The first-order valence-corrected chi connectivity index (χ1v) is 5.42. The Morgan fingerprint density at radius 2 is 2.00 bits per heavy atom. The number of Topliss-reactive ketones (excluding diaryl/α,β-unsaturated/α-hetero) is 1. The number of halogens is 1. The van der Waals surface area contributed by atoms with Crippen molar-refractivity contribution in [1.29, 1.82) is 0 Å². The molecule has 0 aliphatic carbocycles. The number of ether oxygens (including phenoxy) is 1. The van der Waals surface area contributed by atoms with Gasteiger partial charge in [-0.25, -0.2) is 0 Å². The Morgan fingerprint density at radius 3 is 2.50 bits per heavy atom. The van der Waals surface area contributed by atoms with Crippen LogP contribution >= 0.6 is 15.9 Å². The number of ketones is 1. The minimum Gasteiger partial charge on any atom is -0.492 e. The molecule has 4 heteroatoms. The number of nitrogens with two attached hydrogens (primary N) is 1. The molecule has 0 saturated heterocycles. The van der Waals surface area contributed by atoms with E-state index in [9.17, 15) is 4.79 Å². The minimum atomic E-state index is 0.0652. The standard InChI is InChI=1S/C10H12BrNO2/c11-7-10(13)8-1-3-9(4-2-8)14-6-5-12/h1-4H,5-7,12H2. The van der Waals surface area contributed by atoms with E-state index in [-0.39, 0.29) is 5.78 Å². The molecule has 0 spiro atoms. The average molecular weight is 258 g/mol. The second-order valence-corrected chi connectivity index (χ2v) is 3.28. The molecule has 0 aliphatic rings. The fourth-order valence-corrected chi connectivity index (χ4v) is 1.31. The van der Waals surface area contributed by atoms with Crippen LogP contribution in [0.1, 0.15) is 10.4 Å². The van der Waals surface area contributed by atoms with E-state index in [1.165, 1.54) is 0 Å². The summed E-state index contributed by atoms with van der Waals surface area (Å²) in [5.74, 6) is 0.803. The maximum absolute atomic E-state index is 11.2. The number of hydrogen-bond acceptors (Lipinski definition) is 3. The quantitative estimate of drug-likeness (QED) is 0.644. The third kappa shape index (κ3) is 3.12. The van der Waals surface area contributed by atoms with Crippen molar-refractivity contribution in [2.75, 3.05) is 18.5 Å². The highest BCUT2D eigenvalue weighted by atomic mass is 79.9. The SMILES string of the molecule is NCCOc1ccc(C(=O)CBr)cc1. The lowest BCUT2D eigenvalue weighted by molar-refractivity contribution is 0.102. The van der Waals surface area contributed by atoms with Crippen molar-refractivity contribution in [3.8, 4) is 5.75 Å². The molecule has 14 heavy (non-hydrogen) atoms. The van der Waals surface area contributed by atoms with Crippen LogP contribution in [0.2, 0.25) is 0 Å². The van der Waals surface area contributed by atoms with Crippen LogP contribution in [-0.4, -0.2) is 24.3 Å². The molecule has 0 aromatic heterocycles. The Hall–Kier alpha value is -0.870. The van der Waals surface area contributed by atoms with Crippen molar-refractivity contribution < 1.29 is 9.53 Å². The molecule has 1 aromatic carbocycles. The summed E-state index contributed by atoms with van der Waals surface area (Å²) in [7, 11) is 0. The van der Waals surface area contributed by atoms with Gasteiger partial charge in [-0.2, -0.15) is 0 Å². The van der Waals surface area contributed by atoms with Gasteiger partial charge in [0.2, 0.25) is 0 Å². The summed E-state index contributed by atoms with van der Waals surface area (Å²) >= 11 is 3.11. The highest BCUT2D eigenvalue weighted by molar-refractivity contribution is 9.09. The first kappa shape index (κ1) is 11.2. The van der Waals surface area contributed by atoms with E-state index in [0.29, 0.717) is 24.0 Å². The van der Waals surface area contributed by atoms with Crippen LogP contribution in [0.15, 0.2) is 24.3 Å². The first-order valence-electron chi connectivity index (χ1n) is 4.30. The molecule has 76 valence electrons. The van der Waals surface area contributed by atoms with Crippen LogP contribution in [0, 0.1) is 0 Å². The molecule has 0 bridgehead atoms. The molecule has 1 rings (SSSR count). The van der Waals surface area contributed by atoms with Gasteiger partial charge in [0, 0.05) is 12.1 Å². The van der Waals surface area contributed by atoms with Crippen LogP contribution in [0.4, 0.5) is 0 Å². The van der Waals surface area contributed by atoms with Crippen LogP contribution in [0.3, 0.4) is 0 Å². The van der Waals surface area contributed by atoms with Crippen molar-refractivity contribution in [1.82, 2.24) is 0 Å². The van der Waals surface area contributed by atoms with Gasteiger partial charge in [0.05, 0.1) is 5.33 Å². The van der Waals surface area contributed by atoms with E-state index in [1.54, 1.807) is 24.3 Å². The lowest BCUT2D eigenvalue weighted by Crippen LogP contribution is -2.10. The largest absolute Gasteiger partial charge is 0.492 e. The Bertz CT molecular complexity index is 297. The number of carbonyl (C=O) groups is 1. The molecule has 0 saturated carbocycles. The molecule has 0 amide bonds.